The summed E-state index contributed by atoms with van der Waals surface area (Å²) in [5, 5.41) is 9.80. The molecule has 3 rings (SSSR count). The number of nitrogens with one attached hydrogen (secondary N) is 1. The SMILES string of the molecule is N=C(N)CCC(c1ccc(Cl)cc1)(c1ccc(Cl)cc1)c1ccc(Cl)cc1. The minimum atomic E-state index is -0.508. The largest absolute Gasteiger partial charge is 0.388 e. The maximum Gasteiger partial charge on any atom is 0.0905 e. The zero-order valence-electron chi connectivity index (χ0n) is 14.6. The second-order valence-electron chi connectivity index (χ2n) is 6.45. The van der Waals surface area contributed by atoms with Gasteiger partial charge in [-0.3, -0.25) is 5.41 Å². The average molecular weight is 418 g/mol. The number of nitrogens with two attached hydrogens (primary N) is 1. The summed E-state index contributed by atoms with van der Waals surface area (Å²) < 4.78 is 0. The minimum absolute atomic E-state index is 0.149. The minimum Gasteiger partial charge on any atom is -0.388 e. The third-order valence-corrected chi connectivity index (χ3v) is 5.54. The number of halogens is 3. The first kappa shape index (κ1) is 19.8. The Labute approximate surface area is 174 Å². The number of benzene rings is 3. The highest BCUT2D eigenvalue weighted by Gasteiger charge is 2.36. The summed E-state index contributed by atoms with van der Waals surface area (Å²) in [4.78, 5) is 0. The number of hydrogen-bond donors (Lipinski definition) is 2. The molecule has 0 heterocycles. The van der Waals surface area contributed by atoms with Gasteiger partial charge in [0.05, 0.1) is 5.84 Å². The molecule has 0 aliphatic heterocycles. The highest BCUT2D eigenvalue weighted by atomic mass is 35.5. The summed E-state index contributed by atoms with van der Waals surface area (Å²) in [5.74, 6) is 0.149. The van der Waals surface area contributed by atoms with Gasteiger partial charge < -0.3 is 5.73 Å². The van der Waals surface area contributed by atoms with Gasteiger partial charge in [-0.2, -0.15) is 0 Å². The van der Waals surface area contributed by atoms with Gasteiger partial charge in [0.1, 0.15) is 0 Å². The predicted molar refractivity (Wildman–Crippen MR) is 115 cm³/mol. The number of rotatable bonds is 6. The first-order valence-electron chi connectivity index (χ1n) is 8.53. The van der Waals surface area contributed by atoms with Crippen LogP contribution in [0.3, 0.4) is 0 Å². The maximum absolute atomic E-state index is 7.78. The van der Waals surface area contributed by atoms with Crippen LogP contribution in [0.25, 0.3) is 0 Å². The molecule has 5 heteroatoms. The van der Waals surface area contributed by atoms with Crippen molar-refractivity contribution in [1.82, 2.24) is 0 Å². The molecule has 0 bridgehead atoms. The van der Waals surface area contributed by atoms with Gasteiger partial charge >= 0.3 is 0 Å². The molecule has 0 saturated carbocycles. The molecule has 0 saturated heterocycles. The molecule has 0 aromatic heterocycles. The predicted octanol–water partition coefficient (Wildman–Crippen LogP) is 6.70. The van der Waals surface area contributed by atoms with Crippen molar-refractivity contribution < 1.29 is 0 Å². The van der Waals surface area contributed by atoms with E-state index in [1.165, 1.54) is 0 Å². The van der Waals surface area contributed by atoms with Crippen LogP contribution in [-0.4, -0.2) is 5.84 Å². The average Bonchev–Trinajstić information content (AvgIpc) is 2.65. The van der Waals surface area contributed by atoms with Crippen LogP contribution < -0.4 is 5.73 Å². The maximum atomic E-state index is 7.78. The van der Waals surface area contributed by atoms with Crippen molar-refractivity contribution in [1.29, 1.82) is 5.41 Å². The van der Waals surface area contributed by atoms with Crippen molar-refractivity contribution in [3.63, 3.8) is 0 Å². The standard InChI is InChI=1S/C22H19Cl3N2/c23-18-7-1-15(2-8-18)22(14-13-21(26)27,16-3-9-19(24)10-4-16)17-5-11-20(25)12-6-17/h1-12H,13-14H2,(H3,26,27). The van der Waals surface area contributed by atoms with E-state index in [-0.39, 0.29) is 5.84 Å². The molecule has 138 valence electrons. The van der Waals surface area contributed by atoms with Gasteiger partial charge in [0.15, 0.2) is 0 Å². The van der Waals surface area contributed by atoms with Gasteiger partial charge in [-0.05, 0) is 59.5 Å². The molecule has 27 heavy (non-hydrogen) atoms. The second kappa shape index (κ2) is 8.35. The molecule has 3 aromatic carbocycles. The molecule has 2 nitrogen and oxygen atoms in total. The fourth-order valence-corrected chi connectivity index (χ4v) is 3.84. The molecule has 0 aliphatic rings. The summed E-state index contributed by atoms with van der Waals surface area (Å²) in [6, 6.07) is 23.4. The molecule has 0 amide bonds. The van der Waals surface area contributed by atoms with Crippen molar-refractivity contribution in [2.24, 2.45) is 5.73 Å². The van der Waals surface area contributed by atoms with Crippen LogP contribution in [0.15, 0.2) is 72.8 Å². The molecule has 3 aromatic rings. The molecule has 0 fully saturated rings. The Morgan fingerprint density at radius 1 is 0.667 bits per heavy atom. The Morgan fingerprint density at radius 2 is 0.963 bits per heavy atom. The van der Waals surface area contributed by atoms with Gasteiger partial charge in [-0.1, -0.05) is 71.2 Å². The van der Waals surface area contributed by atoms with Crippen LogP contribution in [0.5, 0.6) is 0 Å². The van der Waals surface area contributed by atoms with Crippen molar-refractivity contribution >= 4 is 40.6 Å². The summed E-state index contributed by atoms with van der Waals surface area (Å²) in [6.45, 7) is 0. The normalized spacial score (nSPS) is 11.4. The van der Waals surface area contributed by atoms with Crippen LogP contribution >= 0.6 is 34.8 Å². The third-order valence-electron chi connectivity index (χ3n) is 4.78. The van der Waals surface area contributed by atoms with Crippen molar-refractivity contribution in [3.05, 3.63) is 105 Å². The van der Waals surface area contributed by atoms with Crippen molar-refractivity contribution in [2.75, 3.05) is 0 Å². The molecule has 3 N–H and O–H groups in total. The van der Waals surface area contributed by atoms with E-state index >= 15 is 0 Å². The fourth-order valence-electron chi connectivity index (χ4n) is 3.46. The molecule has 0 unspecified atom stereocenters. The number of hydrogen-bond acceptors (Lipinski definition) is 1. The quantitative estimate of drug-likeness (QED) is 0.262. The fraction of sp³-hybridized carbons (Fsp3) is 0.136. The van der Waals surface area contributed by atoms with Gasteiger partial charge in [0.25, 0.3) is 0 Å². The van der Waals surface area contributed by atoms with E-state index in [1.807, 2.05) is 72.8 Å². The Hall–Kier alpha value is -2.00. The molecule has 0 radical (unpaired) electrons. The zero-order chi connectivity index (χ0) is 19.4. The number of amidine groups is 1. The van der Waals surface area contributed by atoms with E-state index < -0.39 is 5.41 Å². The molecular formula is C22H19Cl3N2. The van der Waals surface area contributed by atoms with E-state index in [0.717, 1.165) is 16.7 Å². The van der Waals surface area contributed by atoms with Gasteiger partial charge in [-0.15, -0.1) is 0 Å². The Morgan fingerprint density at radius 3 is 1.22 bits per heavy atom. The van der Waals surface area contributed by atoms with E-state index in [4.69, 9.17) is 45.9 Å². The highest BCUT2D eigenvalue weighted by molar-refractivity contribution is 6.31. The van der Waals surface area contributed by atoms with E-state index in [9.17, 15) is 0 Å². The smallest absolute Gasteiger partial charge is 0.0905 e. The van der Waals surface area contributed by atoms with E-state index in [0.29, 0.717) is 27.9 Å². The Balaban J connectivity index is 2.28. The lowest BCUT2D eigenvalue weighted by molar-refractivity contribution is 0.572. The topological polar surface area (TPSA) is 49.9 Å². The molecular weight excluding hydrogens is 399 g/mol. The zero-order valence-corrected chi connectivity index (χ0v) is 16.8. The van der Waals surface area contributed by atoms with Crippen LogP contribution in [0.4, 0.5) is 0 Å². The molecule has 0 atom stereocenters. The van der Waals surface area contributed by atoms with Crippen LogP contribution in [0.2, 0.25) is 15.1 Å². The molecule has 0 aliphatic carbocycles. The highest BCUT2D eigenvalue weighted by Crippen LogP contribution is 2.44. The van der Waals surface area contributed by atoms with Gasteiger partial charge in [0, 0.05) is 26.9 Å². The second-order valence-corrected chi connectivity index (χ2v) is 7.76. The summed E-state index contributed by atoms with van der Waals surface area (Å²) >= 11 is 18.4. The van der Waals surface area contributed by atoms with Gasteiger partial charge in [-0.25, -0.2) is 0 Å². The van der Waals surface area contributed by atoms with Crippen LogP contribution in [0.1, 0.15) is 29.5 Å². The lowest BCUT2D eigenvalue weighted by Gasteiger charge is -2.36. The summed E-state index contributed by atoms with van der Waals surface area (Å²) in [6.07, 6.45) is 1.08. The van der Waals surface area contributed by atoms with E-state index in [2.05, 4.69) is 0 Å². The van der Waals surface area contributed by atoms with E-state index in [1.54, 1.807) is 0 Å². The lowest BCUT2D eigenvalue weighted by Crippen LogP contribution is -2.31. The van der Waals surface area contributed by atoms with Crippen LogP contribution in [0, 0.1) is 5.41 Å². The van der Waals surface area contributed by atoms with Crippen LogP contribution in [-0.2, 0) is 5.41 Å². The monoisotopic (exact) mass is 416 g/mol. The van der Waals surface area contributed by atoms with Gasteiger partial charge in [0.2, 0.25) is 0 Å². The summed E-state index contributed by atoms with van der Waals surface area (Å²) in [7, 11) is 0. The first-order chi connectivity index (χ1) is 12.9. The van der Waals surface area contributed by atoms with Crippen molar-refractivity contribution in [3.8, 4) is 0 Å². The van der Waals surface area contributed by atoms with Crippen molar-refractivity contribution in [2.45, 2.75) is 18.3 Å². The Kier molecular flexibility index (Phi) is 6.11. The summed E-state index contributed by atoms with van der Waals surface area (Å²) in [5.41, 5.74) is 8.42. The lowest BCUT2D eigenvalue weighted by atomic mass is 9.66. The molecule has 0 spiro atoms. The Bertz CT molecular complexity index is 806. The third kappa shape index (κ3) is 4.30. The first-order valence-corrected chi connectivity index (χ1v) is 9.66.